The quantitative estimate of drug-likeness (QED) is 0.368. The van der Waals surface area contributed by atoms with Crippen LogP contribution in [0.15, 0.2) is 36.9 Å². The zero-order valence-corrected chi connectivity index (χ0v) is 18.6. The Hall–Kier alpha value is -1.99. The number of hydrogen-bond acceptors (Lipinski definition) is 5. The molecule has 9 heteroatoms. The minimum absolute atomic E-state index is 0.286. The van der Waals surface area contributed by atoms with E-state index < -0.39 is 0 Å². The summed E-state index contributed by atoms with van der Waals surface area (Å²) in [5.74, 6) is 1.45. The zero-order chi connectivity index (χ0) is 21.1. The van der Waals surface area contributed by atoms with Gasteiger partial charge in [-0.3, -0.25) is 0 Å². The zero-order valence-electron chi connectivity index (χ0n) is 16.3. The molecule has 3 heterocycles. The molecule has 0 aliphatic carbocycles. The number of anilines is 1. The number of aromatic amines is 1. The minimum atomic E-state index is 0.286. The van der Waals surface area contributed by atoms with Gasteiger partial charge in [0.25, 0.3) is 0 Å². The number of piperidine rings is 1. The van der Waals surface area contributed by atoms with Crippen molar-refractivity contribution in [2.75, 3.05) is 24.6 Å². The Labute approximate surface area is 190 Å². The number of H-pyrrole nitrogens is 1. The third-order valence-corrected chi connectivity index (χ3v) is 5.74. The molecule has 1 saturated heterocycles. The standard InChI is InChI=1S/C21H22Cl3N5O/c1-2-8-30-19-13(9-14(22)10-16(19)23)11-25-15-4-3-7-29(12-15)21-26-17-5-6-18(24)27-20(17)28-21/h2,5-6,9-10,15,25H,1,3-4,7-8,11-12H2,(H,26,27,28)/t15-/m0/s1. The van der Waals surface area contributed by atoms with E-state index in [0.717, 1.165) is 43.0 Å². The summed E-state index contributed by atoms with van der Waals surface area (Å²) in [6, 6.07) is 7.51. The molecule has 0 radical (unpaired) electrons. The topological polar surface area (TPSA) is 66.1 Å². The molecule has 158 valence electrons. The first-order valence-corrected chi connectivity index (χ1v) is 10.9. The second-order valence-electron chi connectivity index (χ2n) is 7.21. The maximum Gasteiger partial charge on any atom is 0.205 e. The van der Waals surface area contributed by atoms with Crippen LogP contribution in [-0.4, -0.2) is 40.7 Å². The van der Waals surface area contributed by atoms with Crippen molar-refractivity contribution >= 4 is 51.9 Å². The van der Waals surface area contributed by atoms with E-state index in [2.05, 4.69) is 31.7 Å². The summed E-state index contributed by atoms with van der Waals surface area (Å²) in [5.41, 5.74) is 2.43. The van der Waals surface area contributed by atoms with Gasteiger partial charge in [0.1, 0.15) is 17.5 Å². The Kier molecular flexibility index (Phi) is 6.68. The Balaban J connectivity index is 1.45. The van der Waals surface area contributed by atoms with Crippen LogP contribution in [0.1, 0.15) is 18.4 Å². The molecule has 0 saturated carbocycles. The van der Waals surface area contributed by atoms with E-state index >= 15 is 0 Å². The highest BCUT2D eigenvalue weighted by Crippen LogP contribution is 2.33. The molecule has 4 rings (SSSR count). The summed E-state index contributed by atoms with van der Waals surface area (Å²) in [6.07, 6.45) is 3.81. The number of hydrogen-bond donors (Lipinski definition) is 2. The van der Waals surface area contributed by atoms with E-state index in [9.17, 15) is 0 Å². The number of fused-ring (bicyclic) bond motifs is 1. The van der Waals surface area contributed by atoms with E-state index in [1.165, 1.54) is 0 Å². The molecular weight excluding hydrogens is 445 g/mol. The average molecular weight is 467 g/mol. The van der Waals surface area contributed by atoms with Gasteiger partial charge in [0.05, 0.1) is 10.5 Å². The maximum atomic E-state index is 6.34. The Morgan fingerprint density at radius 2 is 2.13 bits per heavy atom. The predicted molar refractivity (Wildman–Crippen MR) is 123 cm³/mol. The first-order valence-electron chi connectivity index (χ1n) is 9.75. The molecule has 30 heavy (non-hydrogen) atoms. The van der Waals surface area contributed by atoms with Crippen LogP contribution in [0.2, 0.25) is 15.2 Å². The van der Waals surface area contributed by atoms with Gasteiger partial charge in [0, 0.05) is 36.3 Å². The molecule has 3 aromatic rings. The molecule has 0 spiro atoms. The number of ether oxygens (including phenoxy) is 1. The number of halogens is 3. The number of imidazole rings is 1. The molecule has 0 bridgehead atoms. The van der Waals surface area contributed by atoms with Gasteiger partial charge >= 0.3 is 0 Å². The van der Waals surface area contributed by atoms with Crippen LogP contribution >= 0.6 is 34.8 Å². The number of aromatic nitrogens is 3. The van der Waals surface area contributed by atoms with Crippen LogP contribution in [0.3, 0.4) is 0 Å². The molecule has 1 fully saturated rings. The highest BCUT2D eigenvalue weighted by atomic mass is 35.5. The van der Waals surface area contributed by atoms with Gasteiger partial charge in [0.15, 0.2) is 5.65 Å². The van der Waals surface area contributed by atoms with Gasteiger partial charge in [-0.15, -0.1) is 0 Å². The van der Waals surface area contributed by atoms with Crippen molar-refractivity contribution < 1.29 is 4.74 Å². The van der Waals surface area contributed by atoms with Gasteiger partial charge in [-0.2, -0.15) is 4.98 Å². The van der Waals surface area contributed by atoms with Gasteiger partial charge in [-0.1, -0.05) is 47.5 Å². The molecular formula is C21H22Cl3N5O. The summed E-state index contributed by atoms with van der Waals surface area (Å²) < 4.78 is 5.75. The van der Waals surface area contributed by atoms with Crippen LogP contribution in [0, 0.1) is 0 Å². The first kappa shape index (κ1) is 21.2. The summed E-state index contributed by atoms with van der Waals surface area (Å²) >= 11 is 18.5. The number of rotatable bonds is 7. The van der Waals surface area contributed by atoms with E-state index in [-0.39, 0.29) is 6.04 Å². The van der Waals surface area contributed by atoms with Gasteiger partial charge < -0.3 is 19.9 Å². The average Bonchev–Trinajstić information content (AvgIpc) is 3.15. The van der Waals surface area contributed by atoms with E-state index in [0.29, 0.717) is 39.7 Å². The van der Waals surface area contributed by atoms with Crippen LogP contribution in [0.25, 0.3) is 11.2 Å². The monoisotopic (exact) mass is 465 g/mol. The number of benzene rings is 1. The van der Waals surface area contributed by atoms with E-state index in [4.69, 9.17) is 39.5 Å². The summed E-state index contributed by atoms with van der Waals surface area (Å²) in [6.45, 7) is 6.44. The Bertz CT molecular complexity index is 1050. The lowest BCUT2D eigenvalue weighted by Gasteiger charge is -2.33. The lowest BCUT2D eigenvalue weighted by Crippen LogP contribution is -2.46. The highest BCUT2D eigenvalue weighted by molar-refractivity contribution is 6.35. The lowest BCUT2D eigenvalue weighted by molar-refractivity contribution is 0.354. The van der Waals surface area contributed by atoms with E-state index in [1.54, 1.807) is 18.2 Å². The second-order valence-corrected chi connectivity index (χ2v) is 8.44. The molecule has 1 aliphatic heterocycles. The Morgan fingerprint density at radius 1 is 1.27 bits per heavy atom. The van der Waals surface area contributed by atoms with Crippen LogP contribution in [0.4, 0.5) is 5.95 Å². The fourth-order valence-corrected chi connectivity index (χ4v) is 4.38. The SMILES string of the molecule is C=CCOc1c(Cl)cc(Cl)cc1CN[C@H]1CCCN(c2nc3nc(Cl)ccc3[nH]2)C1. The molecule has 1 aliphatic rings. The predicted octanol–water partition coefficient (Wildman–Crippen LogP) is 5.24. The van der Waals surface area contributed by atoms with Crippen molar-refractivity contribution in [3.8, 4) is 5.75 Å². The van der Waals surface area contributed by atoms with Crippen LogP contribution in [-0.2, 0) is 6.54 Å². The number of pyridine rings is 1. The smallest absolute Gasteiger partial charge is 0.205 e. The third-order valence-electron chi connectivity index (χ3n) is 5.03. The molecule has 6 nitrogen and oxygen atoms in total. The van der Waals surface area contributed by atoms with Crippen molar-refractivity contribution in [2.24, 2.45) is 0 Å². The highest BCUT2D eigenvalue weighted by Gasteiger charge is 2.23. The van der Waals surface area contributed by atoms with Crippen molar-refractivity contribution in [3.05, 3.63) is 57.7 Å². The minimum Gasteiger partial charge on any atom is -0.488 e. The molecule has 2 N–H and O–H groups in total. The summed E-state index contributed by atoms with van der Waals surface area (Å²) in [5, 5.41) is 5.13. The molecule has 2 aromatic heterocycles. The summed E-state index contributed by atoms with van der Waals surface area (Å²) in [4.78, 5) is 14.4. The largest absolute Gasteiger partial charge is 0.488 e. The van der Waals surface area contributed by atoms with Gasteiger partial charge in [-0.25, -0.2) is 4.98 Å². The number of nitrogens with one attached hydrogen (secondary N) is 2. The second kappa shape index (κ2) is 9.43. The summed E-state index contributed by atoms with van der Waals surface area (Å²) in [7, 11) is 0. The fraction of sp³-hybridized carbons (Fsp3) is 0.333. The van der Waals surface area contributed by atoms with Crippen molar-refractivity contribution in [3.63, 3.8) is 0 Å². The van der Waals surface area contributed by atoms with Crippen molar-refractivity contribution in [2.45, 2.75) is 25.4 Å². The van der Waals surface area contributed by atoms with Crippen LogP contribution in [0.5, 0.6) is 5.75 Å². The Morgan fingerprint density at radius 3 is 2.97 bits per heavy atom. The molecule has 0 amide bonds. The maximum absolute atomic E-state index is 6.34. The fourth-order valence-electron chi connectivity index (χ4n) is 3.65. The van der Waals surface area contributed by atoms with Gasteiger partial charge in [-0.05, 0) is 37.1 Å². The van der Waals surface area contributed by atoms with Crippen molar-refractivity contribution in [1.82, 2.24) is 20.3 Å². The van der Waals surface area contributed by atoms with Crippen LogP contribution < -0.4 is 15.0 Å². The molecule has 0 unspecified atom stereocenters. The third kappa shape index (κ3) is 4.83. The first-order chi connectivity index (χ1) is 14.5. The molecule has 1 atom stereocenters. The lowest BCUT2D eigenvalue weighted by atomic mass is 10.1. The normalized spacial score (nSPS) is 16.8. The van der Waals surface area contributed by atoms with E-state index in [1.807, 2.05) is 12.1 Å². The number of nitrogens with zero attached hydrogens (tertiary/aromatic N) is 3. The van der Waals surface area contributed by atoms with Crippen molar-refractivity contribution in [1.29, 1.82) is 0 Å². The van der Waals surface area contributed by atoms with Gasteiger partial charge in [0.2, 0.25) is 5.95 Å². The molecule has 1 aromatic carbocycles.